The molecule has 0 saturated heterocycles. The summed E-state index contributed by atoms with van der Waals surface area (Å²) in [5.74, 6) is -0.478. The number of hydrogen-bond acceptors (Lipinski definition) is 5. The van der Waals surface area contributed by atoms with Crippen LogP contribution >= 0.6 is 27.5 Å². The van der Waals surface area contributed by atoms with Crippen molar-refractivity contribution in [1.82, 2.24) is 10.2 Å². The van der Waals surface area contributed by atoms with E-state index in [0.29, 0.717) is 12.2 Å². The lowest BCUT2D eigenvalue weighted by molar-refractivity contribution is -0.140. The summed E-state index contributed by atoms with van der Waals surface area (Å²) in [6, 6.07) is 20.3. The Morgan fingerprint density at radius 3 is 2.24 bits per heavy atom. The van der Waals surface area contributed by atoms with Crippen LogP contribution in [0.4, 0.5) is 5.69 Å². The molecule has 0 heterocycles. The third-order valence-electron chi connectivity index (χ3n) is 6.64. The molecular formula is C30H35BrClN3O5S. The fourth-order valence-corrected chi connectivity index (χ4v) is 5.56. The normalized spacial score (nSPS) is 12.7. The number of anilines is 1. The Kier molecular flexibility index (Phi) is 11.6. The molecule has 1 N–H and O–H groups in total. The zero-order valence-electron chi connectivity index (χ0n) is 23.5. The Morgan fingerprint density at radius 1 is 1.02 bits per heavy atom. The number of benzene rings is 3. The van der Waals surface area contributed by atoms with Gasteiger partial charge in [0.05, 0.1) is 24.1 Å². The first-order chi connectivity index (χ1) is 19.4. The first-order valence-corrected chi connectivity index (χ1v) is 16.1. The highest BCUT2D eigenvalue weighted by Gasteiger charge is 2.33. The molecule has 3 aromatic rings. The molecule has 0 radical (unpaired) electrons. The van der Waals surface area contributed by atoms with Gasteiger partial charge in [-0.3, -0.25) is 13.9 Å². The van der Waals surface area contributed by atoms with E-state index in [1.165, 1.54) is 30.2 Å². The summed E-state index contributed by atoms with van der Waals surface area (Å²) >= 11 is 9.72. The Morgan fingerprint density at radius 2 is 1.68 bits per heavy atom. The van der Waals surface area contributed by atoms with Crippen LogP contribution < -0.4 is 14.4 Å². The van der Waals surface area contributed by atoms with Crippen LogP contribution in [0.25, 0.3) is 0 Å². The second-order valence-electron chi connectivity index (χ2n) is 9.76. The SMILES string of the molecule is CCC(C)NC(=O)C(Cc1ccccc1)N(Cc1ccc(Br)cc1)C(=O)CN(c1ccc(OC)c(Cl)c1)S(C)(=O)=O. The average molecular weight is 665 g/mol. The predicted octanol–water partition coefficient (Wildman–Crippen LogP) is 5.43. The molecule has 0 aliphatic carbocycles. The number of ether oxygens (including phenoxy) is 1. The topological polar surface area (TPSA) is 96.0 Å². The van der Waals surface area contributed by atoms with Crippen molar-refractivity contribution in [3.63, 3.8) is 0 Å². The predicted molar refractivity (Wildman–Crippen MR) is 167 cm³/mol. The number of methoxy groups -OCH3 is 1. The lowest BCUT2D eigenvalue weighted by Crippen LogP contribution is -2.54. The molecule has 2 unspecified atom stereocenters. The smallest absolute Gasteiger partial charge is 0.244 e. The van der Waals surface area contributed by atoms with Gasteiger partial charge in [-0.25, -0.2) is 8.42 Å². The Labute approximate surface area is 255 Å². The lowest BCUT2D eigenvalue weighted by atomic mass is 10.0. The van der Waals surface area contributed by atoms with E-state index in [1.807, 2.05) is 68.4 Å². The van der Waals surface area contributed by atoms with Crippen LogP contribution in [0.1, 0.15) is 31.4 Å². The van der Waals surface area contributed by atoms with Crippen LogP contribution in [0.2, 0.25) is 5.02 Å². The van der Waals surface area contributed by atoms with Crippen molar-refractivity contribution in [2.45, 2.75) is 45.3 Å². The van der Waals surface area contributed by atoms with E-state index in [0.717, 1.165) is 26.2 Å². The minimum Gasteiger partial charge on any atom is -0.495 e. The first-order valence-electron chi connectivity index (χ1n) is 13.1. The zero-order chi connectivity index (χ0) is 30.2. The van der Waals surface area contributed by atoms with Gasteiger partial charge in [-0.15, -0.1) is 0 Å². The number of hydrogen-bond donors (Lipinski definition) is 1. The summed E-state index contributed by atoms with van der Waals surface area (Å²) in [5, 5.41) is 3.21. The van der Waals surface area contributed by atoms with Crippen LogP contribution in [-0.2, 0) is 32.6 Å². The van der Waals surface area contributed by atoms with Crippen molar-refractivity contribution < 1.29 is 22.7 Å². The molecule has 11 heteroatoms. The summed E-state index contributed by atoms with van der Waals surface area (Å²) in [4.78, 5) is 29.3. The Hall–Kier alpha value is -3.08. The Balaban J connectivity index is 2.06. The molecule has 3 rings (SSSR count). The molecule has 220 valence electrons. The van der Waals surface area contributed by atoms with E-state index in [4.69, 9.17) is 16.3 Å². The minimum absolute atomic E-state index is 0.0957. The fourth-order valence-electron chi connectivity index (χ4n) is 4.21. The van der Waals surface area contributed by atoms with Crippen LogP contribution in [0.15, 0.2) is 77.3 Å². The van der Waals surface area contributed by atoms with Gasteiger partial charge in [0.25, 0.3) is 0 Å². The number of carbonyl (C=O) groups excluding carboxylic acids is 2. The van der Waals surface area contributed by atoms with Gasteiger partial charge in [-0.05, 0) is 54.8 Å². The third kappa shape index (κ3) is 9.21. The van der Waals surface area contributed by atoms with E-state index in [1.54, 1.807) is 0 Å². The maximum atomic E-state index is 14.1. The number of amides is 2. The molecule has 41 heavy (non-hydrogen) atoms. The zero-order valence-corrected chi connectivity index (χ0v) is 26.7. The van der Waals surface area contributed by atoms with Crippen LogP contribution in [0.3, 0.4) is 0 Å². The fraction of sp³-hybridized carbons (Fsp3) is 0.333. The molecule has 2 atom stereocenters. The molecule has 0 fully saturated rings. The number of sulfonamides is 1. The van der Waals surface area contributed by atoms with Gasteiger partial charge < -0.3 is 15.0 Å². The molecule has 0 aliphatic rings. The molecule has 8 nitrogen and oxygen atoms in total. The number of halogens is 2. The second-order valence-corrected chi connectivity index (χ2v) is 13.0. The number of nitrogens with zero attached hydrogens (tertiary/aromatic N) is 2. The van der Waals surface area contributed by atoms with E-state index >= 15 is 0 Å². The summed E-state index contributed by atoms with van der Waals surface area (Å²) in [6.45, 7) is 3.43. The highest BCUT2D eigenvalue weighted by atomic mass is 79.9. The quantitative estimate of drug-likeness (QED) is 0.263. The monoisotopic (exact) mass is 663 g/mol. The van der Waals surface area contributed by atoms with Crippen molar-refractivity contribution >= 4 is 55.1 Å². The maximum Gasteiger partial charge on any atom is 0.244 e. The number of carbonyl (C=O) groups is 2. The highest BCUT2D eigenvalue weighted by Crippen LogP contribution is 2.30. The summed E-state index contributed by atoms with van der Waals surface area (Å²) in [7, 11) is -2.46. The van der Waals surface area contributed by atoms with E-state index in [2.05, 4.69) is 21.2 Å². The largest absolute Gasteiger partial charge is 0.495 e. The van der Waals surface area contributed by atoms with E-state index < -0.39 is 28.5 Å². The van der Waals surface area contributed by atoms with Gasteiger partial charge in [0.2, 0.25) is 21.8 Å². The van der Waals surface area contributed by atoms with Crippen molar-refractivity contribution in [3.05, 3.63) is 93.4 Å². The average Bonchev–Trinajstić information content (AvgIpc) is 2.94. The Bertz CT molecular complexity index is 1440. The van der Waals surface area contributed by atoms with Crippen molar-refractivity contribution in [3.8, 4) is 5.75 Å². The molecule has 0 aromatic heterocycles. The van der Waals surface area contributed by atoms with Crippen molar-refractivity contribution in [1.29, 1.82) is 0 Å². The van der Waals surface area contributed by atoms with Crippen LogP contribution in [0.5, 0.6) is 5.75 Å². The molecule has 0 bridgehead atoms. The minimum atomic E-state index is -3.91. The summed E-state index contributed by atoms with van der Waals surface area (Å²) < 4.78 is 32.9. The standard InChI is InChI=1S/C30H35BrClN3O5S/c1-5-21(2)33-30(37)27(17-22-9-7-6-8-10-22)34(19-23-11-13-24(31)14-12-23)29(36)20-35(41(4,38)39)25-15-16-28(40-3)26(32)18-25/h6-16,18,21,27H,5,17,19-20H2,1-4H3,(H,33,37). The van der Waals surface area contributed by atoms with E-state index in [-0.39, 0.29) is 35.6 Å². The van der Waals surface area contributed by atoms with Gasteiger partial charge in [-0.2, -0.15) is 0 Å². The van der Waals surface area contributed by atoms with E-state index in [9.17, 15) is 18.0 Å². The molecule has 0 aliphatic heterocycles. The lowest BCUT2D eigenvalue weighted by Gasteiger charge is -2.34. The van der Waals surface area contributed by atoms with Gasteiger partial charge in [-0.1, -0.05) is 76.9 Å². The molecular weight excluding hydrogens is 630 g/mol. The first kappa shape index (κ1) is 32.4. The van der Waals surface area contributed by atoms with Crippen molar-refractivity contribution in [2.24, 2.45) is 0 Å². The number of rotatable bonds is 13. The summed E-state index contributed by atoms with van der Waals surface area (Å²) in [6.07, 6.45) is 1.98. The van der Waals surface area contributed by atoms with Gasteiger partial charge in [0.1, 0.15) is 18.3 Å². The van der Waals surface area contributed by atoms with Gasteiger partial charge in [0.15, 0.2) is 0 Å². The maximum absolute atomic E-state index is 14.1. The molecule has 0 saturated carbocycles. The summed E-state index contributed by atoms with van der Waals surface area (Å²) in [5.41, 5.74) is 1.86. The molecule has 2 amide bonds. The third-order valence-corrected chi connectivity index (χ3v) is 8.61. The molecule has 3 aromatic carbocycles. The van der Waals surface area contributed by atoms with Crippen molar-refractivity contribution in [2.75, 3.05) is 24.2 Å². The highest BCUT2D eigenvalue weighted by molar-refractivity contribution is 9.10. The molecule has 0 spiro atoms. The number of nitrogens with one attached hydrogen (secondary N) is 1. The van der Waals surface area contributed by atoms with Gasteiger partial charge in [0, 0.05) is 23.5 Å². The van der Waals surface area contributed by atoms with Gasteiger partial charge >= 0.3 is 0 Å². The van der Waals surface area contributed by atoms with Crippen LogP contribution in [0, 0.1) is 0 Å². The second kappa shape index (κ2) is 14.7. The van der Waals surface area contributed by atoms with Crippen LogP contribution in [-0.4, -0.2) is 57.1 Å².